The van der Waals surface area contributed by atoms with Crippen LogP contribution in [0.5, 0.6) is 0 Å². The second kappa shape index (κ2) is 7.01. The molecule has 1 aliphatic rings. The molecule has 2 rings (SSSR count). The Kier molecular flexibility index (Phi) is 5.27. The van der Waals surface area contributed by atoms with Crippen LogP contribution < -0.4 is 5.73 Å². The summed E-state index contributed by atoms with van der Waals surface area (Å²) in [5.74, 6) is -1.20. The van der Waals surface area contributed by atoms with Crippen LogP contribution in [0.3, 0.4) is 0 Å². The zero-order chi connectivity index (χ0) is 17.1. The van der Waals surface area contributed by atoms with Crippen molar-refractivity contribution in [3.05, 3.63) is 27.9 Å². The van der Waals surface area contributed by atoms with E-state index >= 15 is 0 Å². The molecule has 1 saturated heterocycles. The van der Waals surface area contributed by atoms with Gasteiger partial charge < -0.3 is 15.0 Å². The lowest BCUT2D eigenvalue weighted by molar-refractivity contribution is -0.127. The number of hydrogen-bond donors (Lipinski definition) is 1. The topological polar surface area (TPSA) is 94.6 Å². The molecule has 1 fully saturated rings. The third-order valence-corrected chi connectivity index (χ3v) is 4.51. The van der Waals surface area contributed by atoms with Crippen LogP contribution in [0.2, 0.25) is 0 Å². The van der Waals surface area contributed by atoms with E-state index in [-0.39, 0.29) is 0 Å². The Labute approximate surface area is 138 Å². The average Bonchev–Trinajstić information content (AvgIpc) is 2.88. The number of methoxy groups -OCH3 is 1. The van der Waals surface area contributed by atoms with E-state index in [0.717, 1.165) is 33.6 Å². The number of thioether (sulfide) groups is 1. The van der Waals surface area contributed by atoms with Crippen LogP contribution in [-0.4, -0.2) is 46.8 Å². The van der Waals surface area contributed by atoms with Gasteiger partial charge in [-0.15, -0.1) is 0 Å². The highest BCUT2D eigenvalue weighted by Gasteiger charge is 2.36. The molecule has 0 atom stereocenters. The predicted octanol–water partition coefficient (Wildman–Crippen LogP) is 1.27. The fraction of sp³-hybridized carbons (Fsp3) is 0.400. The Morgan fingerprint density at radius 3 is 2.70 bits per heavy atom. The molecule has 0 unspecified atom stereocenters. The Morgan fingerprint density at radius 1 is 1.39 bits per heavy atom. The van der Waals surface area contributed by atoms with E-state index in [1.165, 1.54) is 0 Å². The fourth-order valence-electron chi connectivity index (χ4n) is 2.43. The molecule has 1 aromatic rings. The number of aromatic nitrogens is 1. The second-order valence-electron chi connectivity index (χ2n) is 5.21. The molecule has 2 heterocycles. The van der Waals surface area contributed by atoms with Crippen LogP contribution in [0.4, 0.5) is 4.79 Å². The van der Waals surface area contributed by atoms with E-state index in [9.17, 15) is 14.4 Å². The third kappa shape index (κ3) is 3.65. The van der Waals surface area contributed by atoms with Crippen LogP contribution in [-0.2, 0) is 20.9 Å². The summed E-state index contributed by atoms with van der Waals surface area (Å²) in [5.41, 5.74) is 7.95. The van der Waals surface area contributed by atoms with Crippen molar-refractivity contribution in [1.29, 1.82) is 0 Å². The van der Waals surface area contributed by atoms with Crippen molar-refractivity contribution in [2.45, 2.75) is 20.4 Å². The van der Waals surface area contributed by atoms with Gasteiger partial charge in [0.25, 0.3) is 11.1 Å². The van der Waals surface area contributed by atoms with Crippen molar-refractivity contribution < 1.29 is 19.1 Å². The SMILES string of the molecule is COCCn1c(C)cc(/C=C2\SC(=O)N(CC(N)=O)C2=O)c1C. The summed E-state index contributed by atoms with van der Waals surface area (Å²) in [6.45, 7) is 4.83. The van der Waals surface area contributed by atoms with Gasteiger partial charge in [-0.3, -0.25) is 19.3 Å². The molecule has 1 aliphatic heterocycles. The van der Waals surface area contributed by atoms with E-state index in [1.807, 2.05) is 19.9 Å². The second-order valence-corrected chi connectivity index (χ2v) is 6.20. The van der Waals surface area contributed by atoms with Gasteiger partial charge in [-0.05, 0) is 43.3 Å². The summed E-state index contributed by atoms with van der Waals surface area (Å²) in [5, 5.41) is -0.478. The molecule has 0 aliphatic carbocycles. The first-order valence-corrected chi connectivity index (χ1v) is 7.86. The van der Waals surface area contributed by atoms with E-state index in [1.54, 1.807) is 13.2 Å². The Hall–Kier alpha value is -2.06. The quantitative estimate of drug-likeness (QED) is 0.789. The largest absolute Gasteiger partial charge is 0.383 e. The number of aryl methyl sites for hydroxylation is 1. The van der Waals surface area contributed by atoms with Gasteiger partial charge in [0, 0.05) is 25.0 Å². The van der Waals surface area contributed by atoms with Crippen LogP contribution in [0, 0.1) is 13.8 Å². The summed E-state index contributed by atoms with van der Waals surface area (Å²) in [6, 6.07) is 1.95. The number of carbonyl (C=O) groups excluding carboxylic acids is 3. The van der Waals surface area contributed by atoms with Crippen LogP contribution in [0.25, 0.3) is 6.08 Å². The van der Waals surface area contributed by atoms with E-state index in [0.29, 0.717) is 18.1 Å². The molecule has 0 aromatic carbocycles. The minimum Gasteiger partial charge on any atom is -0.383 e. The van der Waals surface area contributed by atoms with Gasteiger partial charge in [0.2, 0.25) is 5.91 Å². The smallest absolute Gasteiger partial charge is 0.294 e. The highest BCUT2D eigenvalue weighted by molar-refractivity contribution is 8.18. The molecule has 1 aromatic heterocycles. The van der Waals surface area contributed by atoms with Gasteiger partial charge in [0.05, 0.1) is 11.5 Å². The molecule has 124 valence electrons. The summed E-state index contributed by atoms with van der Waals surface area (Å²) >= 11 is 0.817. The zero-order valence-electron chi connectivity index (χ0n) is 13.3. The van der Waals surface area contributed by atoms with Crippen LogP contribution >= 0.6 is 11.8 Å². The molecule has 0 spiro atoms. The van der Waals surface area contributed by atoms with Gasteiger partial charge >= 0.3 is 0 Å². The molecule has 23 heavy (non-hydrogen) atoms. The number of primary amides is 1. The number of carbonyl (C=O) groups is 3. The maximum Gasteiger partial charge on any atom is 0.294 e. The molecular formula is C15H19N3O4S. The standard InChI is InChI=1S/C15H19N3O4S/c1-9-6-11(10(2)17(9)4-5-22-3)7-12-14(20)18(8-13(16)19)15(21)23-12/h6-7H,4-5,8H2,1-3H3,(H2,16,19)/b12-7-. The van der Waals surface area contributed by atoms with Crippen molar-refractivity contribution in [2.75, 3.05) is 20.3 Å². The maximum absolute atomic E-state index is 12.2. The van der Waals surface area contributed by atoms with E-state index in [2.05, 4.69) is 4.57 Å². The van der Waals surface area contributed by atoms with Crippen molar-refractivity contribution in [1.82, 2.24) is 9.47 Å². The van der Waals surface area contributed by atoms with Crippen molar-refractivity contribution >= 4 is 34.9 Å². The molecule has 8 heteroatoms. The molecule has 0 bridgehead atoms. The predicted molar refractivity (Wildman–Crippen MR) is 87.7 cm³/mol. The van der Waals surface area contributed by atoms with Crippen molar-refractivity contribution in [3.63, 3.8) is 0 Å². The normalized spacial score (nSPS) is 16.7. The minimum atomic E-state index is -0.716. The van der Waals surface area contributed by atoms with Gasteiger partial charge in [0.1, 0.15) is 6.54 Å². The first kappa shape index (κ1) is 17.3. The van der Waals surface area contributed by atoms with E-state index in [4.69, 9.17) is 10.5 Å². The highest BCUT2D eigenvalue weighted by atomic mass is 32.2. The third-order valence-electron chi connectivity index (χ3n) is 3.61. The molecular weight excluding hydrogens is 318 g/mol. The van der Waals surface area contributed by atoms with Gasteiger partial charge in [-0.25, -0.2) is 0 Å². The molecule has 7 nitrogen and oxygen atoms in total. The van der Waals surface area contributed by atoms with Crippen molar-refractivity contribution in [2.24, 2.45) is 5.73 Å². The van der Waals surface area contributed by atoms with Gasteiger partial charge in [0.15, 0.2) is 0 Å². The number of imide groups is 1. The summed E-state index contributed by atoms with van der Waals surface area (Å²) < 4.78 is 7.18. The van der Waals surface area contributed by atoms with Crippen LogP contribution in [0.15, 0.2) is 11.0 Å². The fourth-order valence-corrected chi connectivity index (χ4v) is 3.26. The number of hydrogen-bond acceptors (Lipinski definition) is 5. The highest BCUT2D eigenvalue weighted by Crippen LogP contribution is 2.33. The maximum atomic E-state index is 12.2. The first-order valence-electron chi connectivity index (χ1n) is 7.04. The summed E-state index contributed by atoms with van der Waals surface area (Å²) in [7, 11) is 1.64. The summed E-state index contributed by atoms with van der Waals surface area (Å²) in [4.78, 5) is 36.1. The number of nitrogens with zero attached hydrogens (tertiary/aromatic N) is 2. The van der Waals surface area contributed by atoms with Gasteiger partial charge in [-0.2, -0.15) is 0 Å². The Bertz CT molecular complexity index is 693. The van der Waals surface area contributed by atoms with Crippen LogP contribution in [0.1, 0.15) is 17.0 Å². The number of ether oxygens (including phenoxy) is 1. The lowest BCUT2D eigenvalue weighted by atomic mass is 10.2. The minimum absolute atomic E-state index is 0.295. The van der Waals surface area contributed by atoms with Crippen molar-refractivity contribution in [3.8, 4) is 0 Å². The molecule has 0 saturated carbocycles. The number of nitrogens with two attached hydrogens (primary N) is 1. The Balaban J connectivity index is 2.27. The molecule has 3 amide bonds. The zero-order valence-corrected chi connectivity index (χ0v) is 14.1. The van der Waals surface area contributed by atoms with E-state index < -0.39 is 23.6 Å². The molecule has 2 N–H and O–H groups in total. The number of rotatable bonds is 6. The summed E-state index contributed by atoms with van der Waals surface area (Å²) in [6.07, 6.45) is 1.68. The lowest BCUT2D eigenvalue weighted by Gasteiger charge is -2.09. The van der Waals surface area contributed by atoms with Gasteiger partial charge in [-0.1, -0.05) is 0 Å². The molecule has 0 radical (unpaired) electrons. The Morgan fingerprint density at radius 2 is 2.09 bits per heavy atom. The number of amides is 3. The monoisotopic (exact) mass is 337 g/mol. The first-order chi connectivity index (χ1) is 10.8. The lowest BCUT2D eigenvalue weighted by Crippen LogP contribution is -2.36. The average molecular weight is 337 g/mol.